The van der Waals surface area contributed by atoms with Crippen molar-refractivity contribution in [2.45, 2.75) is 39.9 Å². The van der Waals surface area contributed by atoms with E-state index in [1.165, 1.54) is 0 Å². The highest BCUT2D eigenvalue weighted by Crippen LogP contribution is 1.95. The standard InChI is InChI=1S/C9H16O2/c1-4-6-8-11-9(3)10-7-5-2/h9H,4,6,8H2,1-3H3. The summed E-state index contributed by atoms with van der Waals surface area (Å²) in [6.45, 7) is 6.46. The molecule has 2 heteroatoms. The van der Waals surface area contributed by atoms with Crippen LogP contribution in [-0.2, 0) is 9.47 Å². The molecule has 0 fully saturated rings. The van der Waals surface area contributed by atoms with E-state index < -0.39 is 0 Å². The van der Waals surface area contributed by atoms with Crippen LogP contribution in [0.15, 0.2) is 0 Å². The molecule has 0 saturated carbocycles. The summed E-state index contributed by atoms with van der Waals surface area (Å²) in [7, 11) is 0. The first-order chi connectivity index (χ1) is 5.31. The van der Waals surface area contributed by atoms with Gasteiger partial charge >= 0.3 is 0 Å². The minimum absolute atomic E-state index is 0.200. The highest BCUT2D eigenvalue weighted by atomic mass is 16.7. The van der Waals surface area contributed by atoms with Gasteiger partial charge in [-0.25, -0.2) is 0 Å². The van der Waals surface area contributed by atoms with Crippen LogP contribution in [0, 0.1) is 12.0 Å². The third-order valence-corrected chi connectivity index (χ3v) is 1.18. The van der Waals surface area contributed by atoms with Crippen molar-refractivity contribution in [1.82, 2.24) is 0 Å². The second-order valence-electron chi connectivity index (χ2n) is 2.26. The Labute approximate surface area is 68.9 Å². The van der Waals surface area contributed by atoms with E-state index in [0.717, 1.165) is 19.4 Å². The van der Waals surface area contributed by atoms with Gasteiger partial charge in [0, 0.05) is 6.92 Å². The highest BCUT2D eigenvalue weighted by Gasteiger charge is 1.97. The molecule has 0 aromatic heterocycles. The quantitative estimate of drug-likeness (QED) is 0.345. The van der Waals surface area contributed by atoms with Crippen LogP contribution in [0.4, 0.5) is 0 Å². The average molecular weight is 156 g/mol. The Morgan fingerprint density at radius 2 is 2.18 bits per heavy atom. The molecule has 0 N–H and O–H groups in total. The Morgan fingerprint density at radius 1 is 1.45 bits per heavy atom. The number of rotatable bonds is 5. The van der Waals surface area contributed by atoms with Gasteiger partial charge in [0.1, 0.15) is 6.11 Å². The molecule has 0 saturated heterocycles. The maximum absolute atomic E-state index is 5.26. The van der Waals surface area contributed by atoms with Gasteiger partial charge < -0.3 is 9.47 Å². The van der Waals surface area contributed by atoms with E-state index in [1.807, 2.05) is 6.92 Å². The van der Waals surface area contributed by atoms with Gasteiger partial charge in [0.15, 0.2) is 0 Å². The number of hydrogen-bond acceptors (Lipinski definition) is 2. The van der Waals surface area contributed by atoms with Gasteiger partial charge in [0.25, 0.3) is 0 Å². The predicted octanol–water partition coefficient (Wildman–Crippen LogP) is 2.15. The van der Waals surface area contributed by atoms with Gasteiger partial charge in [-0.2, -0.15) is 0 Å². The Morgan fingerprint density at radius 3 is 2.73 bits per heavy atom. The summed E-state index contributed by atoms with van der Waals surface area (Å²) in [6, 6.07) is 0. The summed E-state index contributed by atoms with van der Waals surface area (Å²) in [6.07, 6.45) is 4.52. The maximum atomic E-state index is 5.26. The molecule has 1 unspecified atom stereocenters. The van der Waals surface area contributed by atoms with Crippen LogP contribution in [0.2, 0.25) is 0 Å². The first-order valence-electron chi connectivity index (χ1n) is 4.00. The van der Waals surface area contributed by atoms with Crippen molar-refractivity contribution in [2.24, 2.45) is 0 Å². The average Bonchev–Trinajstić information content (AvgIpc) is 2.01. The number of ether oxygens (including phenoxy) is 2. The third-order valence-electron chi connectivity index (χ3n) is 1.18. The molecule has 0 aliphatic rings. The molecule has 0 aromatic carbocycles. The molecule has 0 bridgehead atoms. The van der Waals surface area contributed by atoms with E-state index in [1.54, 1.807) is 6.92 Å². The van der Waals surface area contributed by atoms with Crippen molar-refractivity contribution in [3.63, 3.8) is 0 Å². The molecule has 0 heterocycles. The minimum atomic E-state index is -0.200. The molecule has 0 aliphatic heterocycles. The first-order valence-corrected chi connectivity index (χ1v) is 4.00. The molecule has 0 spiro atoms. The van der Waals surface area contributed by atoms with Crippen molar-refractivity contribution in [3.05, 3.63) is 0 Å². The van der Waals surface area contributed by atoms with Gasteiger partial charge in [0.05, 0.1) is 6.61 Å². The fraction of sp³-hybridized carbons (Fsp3) is 0.778. The van der Waals surface area contributed by atoms with Gasteiger partial charge in [-0.05, 0) is 13.3 Å². The van der Waals surface area contributed by atoms with E-state index in [0.29, 0.717) is 0 Å². The highest BCUT2D eigenvalue weighted by molar-refractivity contribution is 4.85. The Hall–Kier alpha value is -0.680. The van der Waals surface area contributed by atoms with Crippen LogP contribution in [0.25, 0.3) is 0 Å². The van der Waals surface area contributed by atoms with Gasteiger partial charge in [-0.15, -0.1) is 0 Å². The normalized spacial score (nSPS) is 11.5. The monoisotopic (exact) mass is 156 g/mol. The van der Waals surface area contributed by atoms with E-state index in [-0.39, 0.29) is 6.29 Å². The summed E-state index contributed by atoms with van der Waals surface area (Å²) < 4.78 is 10.2. The zero-order valence-electron chi connectivity index (χ0n) is 7.52. The molecule has 0 amide bonds. The van der Waals surface area contributed by atoms with E-state index in [9.17, 15) is 0 Å². The fourth-order valence-corrected chi connectivity index (χ4v) is 0.570. The van der Waals surface area contributed by atoms with Gasteiger partial charge in [0.2, 0.25) is 6.29 Å². The van der Waals surface area contributed by atoms with Crippen molar-refractivity contribution in [2.75, 3.05) is 6.61 Å². The van der Waals surface area contributed by atoms with Crippen molar-refractivity contribution in [1.29, 1.82) is 0 Å². The van der Waals surface area contributed by atoms with E-state index in [2.05, 4.69) is 19.0 Å². The molecule has 0 rings (SSSR count). The molecule has 0 aliphatic carbocycles. The lowest BCUT2D eigenvalue weighted by Crippen LogP contribution is -2.10. The lowest BCUT2D eigenvalue weighted by atomic mass is 10.4. The summed E-state index contributed by atoms with van der Waals surface area (Å²) in [5.74, 6) is 2.64. The van der Waals surface area contributed by atoms with Crippen LogP contribution >= 0.6 is 0 Å². The van der Waals surface area contributed by atoms with Crippen LogP contribution in [0.3, 0.4) is 0 Å². The smallest absolute Gasteiger partial charge is 0.207 e. The summed E-state index contributed by atoms with van der Waals surface area (Å²) in [5.41, 5.74) is 0. The molecule has 2 nitrogen and oxygen atoms in total. The zero-order chi connectivity index (χ0) is 8.53. The second-order valence-corrected chi connectivity index (χ2v) is 2.26. The van der Waals surface area contributed by atoms with Gasteiger partial charge in [-0.3, -0.25) is 0 Å². The molecule has 11 heavy (non-hydrogen) atoms. The molecule has 64 valence electrons. The van der Waals surface area contributed by atoms with Crippen molar-refractivity contribution in [3.8, 4) is 12.0 Å². The van der Waals surface area contributed by atoms with Crippen LogP contribution in [0.1, 0.15) is 33.6 Å². The summed E-state index contributed by atoms with van der Waals surface area (Å²) >= 11 is 0. The molecule has 0 aromatic rings. The van der Waals surface area contributed by atoms with Crippen LogP contribution < -0.4 is 0 Å². The van der Waals surface area contributed by atoms with Gasteiger partial charge in [-0.1, -0.05) is 19.3 Å². The third kappa shape index (κ3) is 7.21. The Balaban J connectivity index is 3.19. The molecule has 1 atom stereocenters. The number of unbranched alkanes of at least 4 members (excludes halogenated alkanes) is 1. The first kappa shape index (κ1) is 10.3. The minimum Gasteiger partial charge on any atom is -0.415 e. The Kier molecular flexibility index (Phi) is 6.97. The maximum Gasteiger partial charge on any atom is 0.207 e. The SMILES string of the molecule is CC#COC(C)OCCCC. The predicted molar refractivity (Wildman–Crippen MR) is 44.9 cm³/mol. The summed E-state index contributed by atoms with van der Waals surface area (Å²) in [5, 5.41) is 0. The Bertz CT molecular complexity index is 132. The molecule has 0 radical (unpaired) electrons. The zero-order valence-corrected chi connectivity index (χ0v) is 7.52. The summed E-state index contributed by atoms with van der Waals surface area (Å²) in [4.78, 5) is 0. The van der Waals surface area contributed by atoms with Crippen LogP contribution in [-0.4, -0.2) is 12.9 Å². The molecular formula is C9H16O2. The topological polar surface area (TPSA) is 18.5 Å². The lowest BCUT2D eigenvalue weighted by Gasteiger charge is -2.09. The molecular weight excluding hydrogens is 140 g/mol. The fourth-order valence-electron chi connectivity index (χ4n) is 0.570. The number of hydrogen-bond donors (Lipinski definition) is 0. The van der Waals surface area contributed by atoms with Crippen molar-refractivity contribution >= 4 is 0 Å². The van der Waals surface area contributed by atoms with Crippen LogP contribution in [0.5, 0.6) is 0 Å². The second kappa shape index (κ2) is 7.43. The van der Waals surface area contributed by atoms with Crippen molar-refractivity contribution < 1.29 is 9.47 Å². The lowest BCUT2D eigenvalue weighted by molar-refractivity contribution is -0.0847. The van der Waals surface area contributed by atoms with E-state index in [4.69, 9.17) is 9.47 Å². The largest absolute Gasteiger partial charge is 0.415 e. The van der Waals surface area contributed by atoms with E-state index >= 15 is 0 Å².